The maximum atomic E-state index is 12.9. The van der Waals surface area contributed by atoms with Crippen LogP contribution < -0.4 is 10.6 Å². The molecule has 0 aromatic heterocycles. The van der Waals surface area contributed by atoms with Gasteiger partial charge >= 0.3 is 12.2 Å². The Morgan fingerprint density at radius 2 is 1.59 bits per heavy atom. The Hall–Kier alpha value is -1.72. The summed E-state index contributed by atoms with van der Waals surface area (Å²) in [6.07, 6.45) is -3.82. The summed E-state index contributed by atoms with van der Waals surface area (Å²) in [5, 5.41) is 5.01. The largest absolute Gasteiger partial charge is 0.418 e. The number of urea groups is 1. The van der Waals surface area contributed by atoms with E-state index in [9.17, 15) is 18.0 Å². The molecule has 0 fully saturated rings. The van der Waals surface area contributed by atoms with Crippen LogP contribution in [0.1, 0.15) is 46.6 Å². The summed E-state index contributed by atoms with van der Waals surface area (Å²) in [6, 6.07) is 4.27. The fourth-order valence-electron chi connectivity index (χ4n) is 2.67. The Balaban J connectivity index is 2.83. The summed E-state index contributed by atoms with van der Waals surface area (Å²) in [7, 11) is 0. The fraction of sp³-hybridized carbons (Fsp3) is 0.562. The first-order valence-electron chi connectivity index (χ1n) is 7.06. The number of hydrogen-bond donors (Lipinski definition) is 2. The summed E-state index contributed by atoms with van der Waals surface area (Å²) in [5.41, 5.74) is -1.66. The van der Waals surface area contributed by atoms with E-state index in [0.717, 1.165) is 6.07 Å². The van der Waals surface area contributed by atoms with Crippen LogP contribution in [0.5, 0.6) is 0 Å². The van der Waals surface area contributed by atoms with Gasteiger partial charge in [0.15, 0.2) is 0 Å². The molecule has 2 N–H and O–H groups in total. The molecule has 0 aliphatic carbocycles. The van der Waals surface area contributed by atoms with Crippen molar-refractivity contribution in [2.75, 3.05) is 5.32 Å². The summed E-state index contributed by atoms with van der Waals surface area (Å²) in [6.45, 7) is 9.79. The highest BCUT2D eigenvalue weighted by Gasteiger charge is 2.34. The number of nitrogens with one attached hydrogen (secondary N) is 2. The quantitative estimate of drug-likeness (QED) is 0.805. The normalized spacial score (nSPS) is 12.9. The second-order valence-electron chi connectivity index (χ2n) is 7.24. The molecular weight excluding hydrogens is 293 g/mol. The number of para-hydroxylation sites is 1. The molecule has 0 spiro atoms. The van der Waals surface area contributed by atoms with Crippen LogP contribution in [0.4, 0.5) is 23.7 Å². The molecule has 0 atom stereocenters. The minimum absolute atomic E-state index is 0.0132. The summed E-state index contributed by atoms with van der Waals surface area (Å²) in [4.78, 5) is 12.0. The van der Waals surface area contributed by atoms with Crippen LogP contribution in [-0.4, -0.2) is 11.6 Å². The van der Waals surface area contributed by atoms with Gasteiger partial charge in [-0.05, 0) is 37.8 Å². The number of halogens is 3. The SMILES string of the molecule is CC(C)(C)CC(C)(C)NC(=O)Nc1ccccc1C(F)(F)F. The zero-order chi connectivity index (χ0) is 17.2. The van der Waals surface area contributed by atoms with Gasteiger partial charge in [0.25, 0.3) is 0 Å². The molecule has 124 valence electrons. The predicted octanol–water partition coefficient (Wildman–Crippen LogP) is 5.04. The Labute approximate surface area is 129 Å². The second-order valence-corrected chi connectivity index (χ2v) is 7.24. The first kappa shape index (κ1) is 18.3. The summed E-state index contributed by atoms with van der Waals surface area (Å²) >= 11 is 0. The van der Waals surface area contributed by atoms with E-state index < -0.39 is 23.3 Å². The molecule has 1 rings (SSSR count). The van der Waals surface area contributed by atoms with E-state index >= 15 is 0 Å². The lowest BCUT2D eigenvalue weighted by Crippen LogP contribution is -2.47. The average Bonchev–Trinajstić information content (AvgIpc) is 2.23. The van der Waals surface area contributed by atoms with Gasteiger partial charge in [0, 0.05) is 5.54 Å². The van der Waals surface area contributed by atoms with Crippen LogP contribution in [0.3, 0.4) is 0 Å². The maximum absolute atomic E-state index is 12.9. The Kier molecular flexibility index (Phi) is 5.15. The van der Waals surface area contributed by atoms with Gasteiger partial charge < -0.3 is 10.6 Å². The van der Waals surface area contributed by atoms with Crippen LogP contribution in [0.25, 0.3) is 0 Å². The summed E-state index contributed by atoms with van der Waals surface area (Å²) in [5.74, 6) is 0. The van der Waals surface area contributed by atoms with Gasteiger partial charge in [0.2, 0.25) is 0 Å². The molecule has 3 nitrogen and oxygen atoms in total. The van der Waals surface area contributed by atoms with E-state index in [-0.39, 0.29) is 11.1 Å². The molecule has 0 saturated carbocycles. The topological polar surface area (TPSA) is 41.1 Å². The molecule has 2 amide bonds. The summed E-state index contributed by atoms with van der Waals surface area (Å²) < 4.78 is 38.7. The van der Waals surface area contributed by atoms with Crippen LogP contribution in [-0.2, 0) is 6.18 Å². The number of hydrogen-bond acceptors (Lipinski definition) is 1. The van der Waals surface area contributed by atoms with Gasteiger partial charge in [-0.1, -0.05) is 32.9 Å². The van der Waals surface area contributed by atoms with E-state index in [1.807, 2.05) is 34.6 Å². The third kappa shape index (κ3) is 5.95. The highest BCUT2D eigenvalue weighted by molar-refractivity contribution is 5.90. The van der Waals surface area contributed by atoms with E-state index in [1.54, 1.807) is 0 Å². The number of benzene rings is 1. The first-order valence-corrected chi connectivity index (χ1v) is 7.06. The zero-order valence-corrected chi connectivity index (χ0v) is 13.6. The molecule has 1 aromatic rings. The van der Waals surface area contributed by atoms with Crippen molar-refractivity contribution >= 4 is 11.7 Å². The highest BCUT2D eigenvalue weighted by atomic mass is 19.4. The Morgan fingerprint density at radius 3 is 2.09 bits per heavy atom. The van der Waals surface area contributed by atoms with Gasteiger partial charge in [-0.2, -0.15) is 13.2 Å². The number of anilines is 1. The highest BCUT2D eigenvalue weighted by Crippen LogP contribution is 2.34. The van der Waals surface area contributed by atoms with Gasteiger partial charge in [0.05, 0.1) is 11.3 Å². The Morgan fingerprint density at radius 1 is 1.05 bits per heavy atom. The van der Waals surface area contributed by atoms with Gasteiger partial charge in [-0.15, -0.1) is 0 Å². The zero-order valence-electron chi connectivity index (χ0n) is 13.6. The van der Waals surface area contributed by atoms with Crippen molar-refractivity contribution < 1.29 is 18.0 Å². The molecule has 0 heterocycles. The lowest BCUT2D eigenvalue weighted by Gasteiger charge is -2.33. The molecule has 0 radical (unpaired) electrons. The van der Waals surface area contributed by atoms with E-state index in [4.69, 9.17) is 0 Å². The van der Waals surface area contributed by atoms with Gasteiger partial charge in [-0.3, -0.25) is 0 Å². The fourth-order valence-corrected chi connectivity index (χ4v) is 2.67. The van der Waals surface area contributed by atoms with Crippen molar-refractivity contribution in [1.29, 1.82) is 0 Å². The molecule has 0 unspecified atom stereocenters. The first-order chi connectivity index (χ1) is 9.80. The van der Waals surface area contributed by atoms with Gasteiger partial charge in [0.1, 0.15) is 0 Å². The van der Waals surface area contributed by atoms with Crippen LogP contribution in [0.2, 0.25) is 0 Å². The minimum atomic E-state index is -4.51. The maximum Gasteiger partial charge on any atom is 0.418 e. The van der Waals surface area contributed by atoms with Crippen molar-refractivity contribution in [3.05, 3.63) is 29.8 Å². The molecule has 0 aliphatic rings. The van der Waals surface area contributed by atoms with Crippen LogP contribution in [0.15, 0.2) is 24.3 Å². The monoisotopic (exact) mass is 316 g/mol. The number of carbonyl (C=O) groups excluding carboxylic acids is 1. The minimum Gasteiger partial charge on any atom is -0.333 e. The molecule has 0 bridgehead atoms. The number of alkyl halides is 3. The molecule has 6 heteroatoms. The molecule has 0 saturated heterocycles. The van der Waals surface area contributed by atoms with Crippen molar-refractivity contribution in [3.8, 4) is 0 Å². The van der Waals surface area contributed by atoms with Crippen LogP contribution >= 0.6 is 0 Å². The van der Waals surface area contributed by atoms with Crippen molar-refractivity contribution in [2.24, 2.45) is 5.41 Å². The standard InChI is InChI=1S/C16H23F3N2O/c1-14(2,3)10-15(4,5)21-13(22)20-12-9-7-6-8-11(12)16(17,18)19/h6-9H,10H2,1-5H3,(H2,20,21,22). The Bertz CT molecular complexity index is 531. The second kappa shape index (κ2) is 6.18. The van der Waals surface area contributed by atoms with Crippen molar-refractivity contribution in [2.45, 2.75) is 52.8 Å². The number of amides is 2. The molecule has 0 aliphatic heterocycles. The van der Waals surface area contributed by atoms with Crippen molar-refractivity contribution in [1.82, 2.24) is 5.32 Å². The molecule has 22 heavy (non-hydrogen) atoms. The van der Waals surface area contributed by atoms with Crippen LogP contribution in [0, 0.1) is 5.41 Å². The number of rotatable bonds is 3. The third-order valence-electron chi connectivity index (χ3n) is 2.90. The van der Waals surface area contributed by atoms with Gasteiger partial charge in [-0.25, -0.2) is 4.79 Å². The molecule has 1 aromatic carbocycles. The van der Waals surface area contributed by atoms with E-state index in [0.29, 0.717) is 6.42 Å². The number of carbonyl (C=O) groups is 1. The average molecular weight is 316 g/mol. The lowest BCUT2D eigenvalue weighted by atomic mass is 9.82. The lowest BCUT2D eigenvalue weighted by molar-refractivity contribution is -0.136. The predicted molar refractivity (Wildman–Crippen MR) is 81.7 cm³/mol. The van der Waals surface area contributed by atoms with Crippen molar-refractivity contribution in [3.63, 3.8) is 0 Å². The smallest absolute Gasteiger partial charge is 0.333 e. The third-order valence-corrected chi connectivity index (χ3v) is 2.90. The van der Waals surface area contributed by atoms with E-state index in [2.05, 4.69) is 10.6 Å². The molecular formula is C16H23F3N2O. The van der Waals surface area contributed by atoms with E-state index in [1.165, 1.54) is 18.2 Å².